The van der Waals surface area contributed by atoms with Gasteiger partial charge in [0.25, 0.3) is 0 Å². The van der Waals surface area contributed by atoms with E-state index in [1.165, 1.54) is 12.1 Å². The van der Waals surface area contributed by atoms with Crippen molar-refractivity contribution in [3.05, 3.63) is 34.1 Å². The molecular formula is C13H15BrFNO. The van der Waals surface area contributed by atoms with Crippen LogP contribution in [0.5, 0.6) is 0 Å². The Balaban J connectivity index is 2.12. The van der Waals surface area contributed by atoms with Gasteiger partial charge < -0.3 is 5.73 Å². The zero-order valence-electron chi connectivity index (χ0n) is 9.67. The minimum atomic E-state index is -0.765. The molecule has 1 aliphatic carbocycles. The molecule has 1 fully saturated rings. The van der Waals surface area contributed by atoms with Crippen molar-refractivity contribution in [1.29, 1.82) is 0 Å². The van der Waals surface area contributed by atoms with Crippen LogP contribution < -0.4 is 5.73 Å². The second-order valence-corrected chi connectivity index (χ2v) is 5.85. The normalized spacial score (nSPS) is 18.8. The summed E-state index contributed by atoms with van der Waals surface area (Å²) >= 11 is 3.21. The number of hydrogen-bond acceptors (Lipinski definition) is 2. The van der Waals surface area contributed by atoms with Gasteiger partial charge in [-0.15, -0.1) is 0 Å². The van der Waals surface area contributed by atoms with Gasteiger partial charge in [0.15, 0.2) is 5.78 Å². The van der Waals surface area contributed by atoms with Gasteiger partial charge in [0, 0.05) is 10.9 Å². The van der Waals surface area contributed by atoms with Crippen LogP contribution in [-0.2, 0) is 11.2 Å². The predicted octanol–water partition coefficient (Wildman–Crippen LogP) is 2.83. The van der Waals surface area contributed by atoms with Gasteiger partial charge in [-0.2, -0.15) is 0 Å². The van der Waals surface area contributed by atoms with Gasteiger partial charge >= 0.3 is 0 Å². The number of nitrogens with two attached hydrogens (primary N) is 1. The van der Waals surface area contributed by atoms with E-state index in [1.807, 2.05) is 0 Å². The molecule has 0 saturated heterocycles. The van der Waals surface area contributed by atoms with Gasteiger partial charge in [-0.05, 0) is 49.4 Å². The Labute approximate surface area is 109 Å². The van der Waals surface area contributed by atoms with Crippen molar-refractivity contribution in [3.8, 4) is 0 Å². The first-order chi connectivity index (χ1) is 7.89. The van der Waals surface area contributed by atoms with Crippen LogP contribution in [0.2, 0.25) is 0 Å². The second-order valence-electron chi connectivity index (χ2n) is 4.93. The molecule has 2 rings (SSSR count). The Morgan fingerprint density at radius 1 is 1.53 bits per heavy atom. The van der Waals surface area contributed by atoms with Crippen molar-refractivity contribution in [2.45, 2.75) is 31.7 Å². The molecule has 0 radical (unpaired) electrons. The molecule has 1 atom stereocenters. The van der Waals surface area contributed by atoms with E-state index in [4.69, 9.17) is 5.73 Å². The van der Waals surface area contributed by atoms with E-state index in [2.05, 4.69) is 15.9 Å². The summed E-state index contributed by atoms with van der Waals surface area (Å²) in [6.45, 7) is 1.78. The molecule has 0 aromatic heterocycles. The number of carbonyl (C=O) groups excluding carboxylic acids is 1. The van der Waals surface area contributed by atoms with E-state index in [1.54, 1.807) is 13.0 Å². The summed E-state index contributed by atoms with van der Waals surface area (Å²) in [5.74, 6) is -0.0585. The van der Waals surface area contributed by atoms with E-state index in [0.717, 1.165) is 12.8 Å². The highest BCUT2D eigenvalue weighted by molar-refractivity contribution is 9.10. The smallest absolute Gasteiger partial charge is 0.156 e. The summed E-state index contributed by atoms with van der Waals surface area (Å²) in [4.78, 5) is 12.1. The third kappa shape index (κ3) is 2.93. The molecule has 0 aliphatic heterocycles. The van der Waals surface area contributed by atoms with Crippen molar-refractivity contribution in [1.82, 2.24) is 0 Å². The summed E-state index contributed by atoms with van der Waals surface area (Å²) in [5.41, 5.74) is 5.94. The lowest BCUT2D eigenvalue weighted by Crippen LogP contribution is -2.47. The van der Waals surface area contributed by atoms with E-state index in [0.29, 0.717) is 16.0 Å². The van der Waals surface area contributed by atoms with Gasteiger partial charge in [0.05, 0.1) is 5.54 Å². The van der Waals surface area contributed by atoms with E-state index >= 15 is 0 Å². The summed E-state index contributed by atoms with van der Waals surface area (Å²) in [5, 5.41) is 0. The van der Waals surface area contributed by atoms with Gasteiger partial charge in [-0.1, -0.05) is 15.9 Å². The number of Topliss-reactive ketones (excluding diaryl/α,β-unsaturated/α-hetero) is 1. The molecule has 17 heavy (non-hydrogen) atoms. The number of ketones is 1. The summed E-state index contributed by atoms with van der Waals surface area (Å²) in [6.07, 6.45) is 2.23. The molecule has 1 unspecified atom stereocenters. The Bertz CT molecular complexity index is 434. The molecule has 0 spiro atoms. The molecule has 1 aromatic rings. The van der Waals surface area contributed by atoms with Crippen LogP contribution in [0.4, 0.5) is 4.39 Å². The first-order valence-corrected chi connectivity index (χ1v) is 6.46. The standard InChI is InChI=1S/C13H15BrFNO/c1-13(16,9-2-3-9)12(17)6-8-4-10(14)7-11(15)5-8/h4-5,7,9H,2-3,6,16H2,1H3. The van der Waals surface area contributed by atoms with Gasteiger partial charge in [0.2, 0.25) is 0 Å². The largest absolute Gasteiger partial charge is 0.319 e. The lowest BCUT2D eigenvalue weighted by molar-refractivity contribution is -0.123. The number of halogens is 2. The van der Waals surface area contributed by atoms with Crippen LogP contribution in [0.3, 0.4) is 0 Å². The first kappa shape index (κ1) is 12.7. The Morgan fingerprint density at radius 3 is 2.71 bits per heavy atom. The van der Waals surface area contributed by atoms with Crippen molar-refractivity contribution in [2.75, 3.05) is 0 Å². The molecule has 2 N–H and O–H groups in total. The Kier molecular flexibility index (Phi) is 3.36. The highest BCUT2D eigenvalue weighted by Crippen LogP contribution is 2.39. The fourth-order valence-corrected chi connectivity index (χ4v) is 2.51. The highest BCUT2D eigenvalue weighted by Gasteiger charge is 2.43. The maximum atomic E-state index is 13.2. The second kappa shape index (κ2) is 4.50. The van der Waals surface area contributed by atoms with Gasteiger partial charge in [-0.3, -0.25) is 4.79 Å². The maximum Gasteiger partial charge on any atom is 0.156 e. The molecule has 4 heteroatoms. The van der Waals surface area contributed by atoms with Crippen LogP contribution in [0.25, 0.3) is 0 Å². The topological polar surface area (TPSA) is 43.1 Å². The monoisotopic (exact) mass is 299 g/mol. The van der Waals surface area contributed by atoms with Crippen molar-refractivity contribution < 1.29 is 9.18 Å². The van der Waals surface area contributed by atoms with Crippen LogP contribution >= 0.6 is 15.9 Å². The van der Waals surface area contributed by atoms with Crippen molar-refractivity contribution in [2.24, 2.45) is 11.7 Å². The lowest BCUT2D eigenvalue weighted by Gasteiger charge is -2.22. The van der Waals surface area contributed by atoms with Crippen LogP contribution in [-0.4, -0.2) is 11.3 Å². The number of rotatable bonds is 4. The van der Waals surface area contributed by atoms with Gasteiger partial charge in [0.1, 0.15) is 5.82 Å². The third-order valence-corrected chi connectivity index (χ3v) is 3.77. The minimum absolute atomic E-state index is 0.0162. The lowest BCUT2D eigenvalue weighted by atomic mass is 9.88. The van der Waals surface area contributed by atoms with E-state index in [9.17, 15) is 9.18 Å². The average molecular weight is 300 g/mol. The van der Waals surface area contributed by atoms with Crippen molar-refractivity contribution in [3.63, 3.8) is 0 Å². The van der Waals surface area contributed by atoms with E-state index < -0.39 is 5.54 Å². The summed E-state index contributed by atoms with van der Waals surface area (Å²) in [7, 11) is 0. The number of carbonyl (C=O) groups is 1. The number of benzene rings is 1. The highest BCUT2D eigenvalue weighted by atomic mass is 79.9. The molecule has 1 saturated carbocycles. The minimum Gasteiger partial charge on any atom is -0.319 e. The molecule has 0 heterocycles. The Morgan fingerprint density at radius 2 is 2.18 bits per heavy atom. The van der Waals surface area contributed by atoms with Gasteiger partial charge in [-0.25, -0.2) is 4.39 Å². The summed E-state index contributed by atoms with van der Waals surface area (Å²) < 4.78 is 13.8. The molecule has 2 nitrogen and oxygen atoms in total. The molecule has 1 aliphatic rings. The van der Waals surface area contributed by atoms with Crippen LogP contribution in [0, 0.1) is 11.7 Å². The molecular weight excluding hydrogens is 285 g/mol. The fraction of sp³-hybridized carbons (Fsp3) is 0.462. The van der Waals surface area contributed by atoms with Crippen molar-refractivity contribution >= 4 is 21.7 Å². The number of hydrogen-bond donors (Lipinski definition) is 1. The van der Waals surface area contributed by atoms with E-state index in [-0.39, 0.29) is 18.0 Å². The predicted molar refractivity (Wildman–Crippen MR) is 68.1 cm³/mol. The fourth-order valence-electron chi connectivity index (χ4n) is 2.00. The zero-order valence-corrected chi connectivity index (χ0v) is 11.3. The molecule has 0 bridgehead atoms. The quantitative estimate of drug-likeness (QED) is 0.929. The zero-order chi connectivity index (χ0) is 12.6. The first-order valence-electron chi connectivity index (χ1n) is 5.67. The average Bonchev–Trinajstić information content (AvgIpc) is 2.98. The molecule has 1 aromatic carbocycles. The summed E-state index contributed by atoms with van der Waals surface area (Å²) in [6, 6.07) is 4.51. The van der Waals surface area contributed by atoms with Crippen LogP contribution in [0.15, 0.2) is 22.7 Å². The SMILES string of the molecule is CC(N)(C(=O)Cc1cc(F)cc(Br)c1)C1CC1. The molecule has 0 amide bonds. The third-order valence-electron chi connectivity index (χ3n) is 3.31. The maximum absolute atomic E-state index is 13.2. The Hall–Kier alpha value is -0.740. The van der Waals surface area contributed by atoms with Crippen LogP contribution in [0.1, 0.15) is 25.3 Å². The molecule has 92 valence electrons.